The van der Waals surface area contributed by atoms with Gasteiger partial charge in [-0.15, -0.1) is 0 Å². The Morgan fingerprint density at radius 1 is 1.77 bits per heavy atom. The van der Waals surface area contributed by atoms with Crippen LogP contribution in [0.5, 0.6) is 0 Å². The predicted octanol–water partition coefficient (Wildman–Crippen LogP) is 0.586. The van der Waals surface area contributed by atoms with E-state index in [2.05, 4.69) is 10.4 Å². The van der Waals surface area contributed by atoms with Crippen LogP contribution in [0, 0.1) is 6.92 Å². The molecule has 2 N–H and O–H groups in total. The number of carbonyl (C=O) groups is 1. The molecule has 0 radical (unpaired) electrons. The number of carboxylic acids is 1. The van der Waals surface area contributed by atoms with E-state index in [4.69, 9.17) is 5.11 Å². The second-order valence-corrected chi connectivity index (χ2v) is 2.95. The van der Waals surface area contributed by atoms with Crippen molar-refractivity contribution in [3.63, 3.8) is 0 Å². The topological polar surface area (TPSA) is 67.2 Å². The number of aryl methyl sites for hydroxylation is 1. The fourth-order valence-corrected chi connectivity index (χ4v) is 1.28. The van der Waals surface area contributed by atoms with E-state index < -0.39 is 5.97 Å². The maximum Gasteiger partial charge on any atom is 0.334 e. The van der Waals surface area contributed by atoms with Crippen LogP contribution in [0.3, 0.4) is 0 Å². The molecule has 0 aliphatic carbocycles. The van der Waals surface area contributed by atoms with Gasteiger partial charge in [0.05, 0.1) is 18.3 Å². The molecular weight excluding hydrogens is 170 g/mol. The van der Waals surface area contributed by atoms with Crippen molar-refractivity contribution in [3.05, 3.63) is 23.5 Å². The summed E-state index contributed by atoms with van der Waals surface area (Å²) in [6.45, 7) is 2.25. The van der Waals surface area contributed by atoms with Crippen molar-refractivity contribution in [2.24, 2.45) is 0 Å². The summed E-state index contributed by atoms with van der Waals surface area (Å²) < 4.78 is 1.64. The van der Waals surface area contributed by atoms with Crippen molar-refractivity contribution in [2.45, 2.75) is 13.5 Å². The number of aromatic nitrogens is 2. The summed E-state index contributed by atoms with van der Waals surface area (Å²) >= 11 is 0. The first-order valence-corrected chi connectivity index (χ1v) is 3.90. The van der Waals surface area contributed by atoms with Gasteiger partial charge in [0, 0.05) is 11.8 Å². The molecule has 1 aromatic heterocycles. The first-order valence-electron chi connectivity index (χ1n) is 3.90. The number of anilines is 1. The Morgan fingerprint density at radius 3 is 3.23 bits per heavy atom. The van der Waals surface area contributed by atoms with E-state index in [1.807, 2.05) is 6.92 Å². The number of rotatable bonds is 1. The number of nitrogens with one attached hydrogen (secondary N) is 1. The van der Waals surface area contributed by atoms with Crippen LogP contribution in [0.2, 0.25) is 0 Å². The smallest absolute Gasteiger partial charge is 0.334 e. The quantitative estimate of drug-likeness (QED) is 0.662. The number of fused-ring (bicyclic) bond motifs is 1. The summed E-state index contributed by atoms with van der Waals surface area (Å²) in [5.74, 6) is -0.0451. The molecule has 5 nitrogen and oxygen atoms in total. The van der Waals surface area contributed by atoms with E-state index >= 15 is 0 Å². The molecule has 0 bridgehead atoms. The normalized spacial score (nSPS) is 14.4. The largest absolute Gasteiger partial charge is 0.478 e. The zero-order valence-electron chi connectivity index (χ0n) is 7.11. The standard InChI is InChI=1S/C8H9N3O2/c1-5-2-10-11-4-6(8(12)13)3-9-7(5)11/h2-3,9H,4H2,1H3,(H,12,13). The molecule has 0 spiro atoms. The minimum absolute atomic E-state index is 0.315. The zero-order valence-corrected chi connectivity index (χ0v) is 7.11. The van der Waals surface area contributed by atoms with Crippen LogP contribution in [0.4, 0.5) is 5.82 Å². The van der Waals surface area contributed by atoms with Crippen LogP contribution in [0.25, 0.3) is 0 Å². The van der Waals surface area contributed by atoms with Gasteiger partial charge >= 0.3 is 5.97 Å². The molecule has 68 valence electrons. The molecule has 0 unspecified atom stereocenters. The van der Waals surface area contributed by atoms with E-state index in [0.29, 0.717) is 12.1 Å². The molecule has 0 amide bonds. The molecule has 1 aromatic rings. The van der Waals surface area contributed by atoms with E-state index in [1.165, 1.54) is 6.20 Å². The lowest BCUT2D eigenvalue weighted by Crippen LogP contribution is -2.18. The maximum atomic E-state index is 10.6. The van der Waals surface area contributed by atoms with Gasteiger partial charge in [-0.1, -0.05) is 0 Å². The van der Waals surface area contributed by atoms with Crippen LogP contribution in [0.15, 0.2) is 18.0 Å². The highest BCUT2D eigenvalue weighted by molar-refractivity contribution is 5.87. The molecule has 0 saturated heterocycles. The van der Waals surface area contributed by atoms with Gasteiger partial charge in [0.2, 0.25) is 0 Å². The fraction of sp³-hybridized carbons (Fsp3) is 0.250. The Kier molecular flexibility index (Phi) is 1.58. The van der Waals surface area contributed by atoms with Crippen molar-refractivity contribution in [2.75, 3.05) is 5.32 Å². The number of hydrogen-bond donors (Lipinski definition) is 2. The molecule has 13 heavy (non-hydrogen) atoms. The molecule has 2 rings (SSSR count). The number of hydrogen-bond acceptors (Lipinski definition) is 3. The monoisotopic (exact) mass is 179 g/mol. The maximum absolute atomic E-state index is 10.6. The van der Waals surface area contributed by atoms with Gasteiger partial charge in [-0.3, -0.25) is 0 Å². The Labute approximate surface area is 74.7 Å². The van der Waals surface area contributed by atoms with Crippen LogP contribution >= 0.6 is 0 Å². The molecule has 0 saturated carbocycles. The molecule has 1 aliphatic rings. The summed E-state index contributed by atoms with van der Waals surface area (Å²) in [6, 6.07) is 0. The van der Waals surface area contributed by atoms with Crippen molar-refractivity contribution < 1.29 is 9.90 Å². The van der Waals surface area contributed by atoms with Gasteiger partial charge in [0.1, 0.15) is 5.82 Å². The highest BCUT2D eigenvalue weighted by atomic mass is 16.4. The first-order chi connectivity index (χ1) is 6.18. The molecule has 0 atom stereocenters. The lowest BCUT2D eigenvalue weighted by atomic mass is 10.2. The summed E-state index contributed by atoms with van der Waals surface area (Å²) in [5.41, 5.74) is 1.33. The summed E-state index contributed by atoms with van der Waals surface area (Å²) in [6.07, 6.45) is 3.22. The van der Waals surface area contributed by atoms with E-state index in [9.17, 15) is 4.79 Å². The van der Waals surface area contributed by atoms with Crippen molar-refractivity contribution in [3.8, 4) is 0 Å². The number of carboxylic acid groups (broad SMARTS) is 1. The lowest BCUT2D eigenvalue weighted by molar-refractivity contribution is -0.132. The fourth-order valence-electron chi connectivity index (χ4n) is 1.28. The third-order valence-corrected chi connectivity index (χ3v) is 2.00. The van der Waals surface area contributed by atoms with E-state index in [1.54, 1.807) is 10.9 Å². The SMILES string of the molecule is Cc1cnn2c1NC=C(C(=O)O)C2. The van der Waals surface area contributed by atoms with Gasteiger partial charge in [0.15, 0.2) is 0 Å². The summed E-state index contributed by atoms with van der Waals surface area (Å²) in [7, 11) is 0. The van der Waals surface area contributed by atoms with E-state index in [0.717, 1.165) is 11.4 Å². The highest BCUT2D eigenvalue weighted by Gasteiger charge is 2.17. The first kappa shape index (κ1) is 7.85. The van der Waals surface area contributed by atoms with Crippen molar-refractivity contribution >= 4 is 11.8 Å². The third kappa shape index (κ3) is 1.18. The average Bonchev–Trinajstić information content (AvgIpc) is 2.47. The molecule has 2 heterocycles. The second-order valence-electron chi connectivity index (χ2n) is 2.95. The van der Waals surface area contributed by atoms with Crippen LogP contribution < -0.4 is 5.32 Å². The van der Waals surface area contributed by atoms with Crippen molar-refractivity contribution in [1.82, 2.24) is 9.78 Å². The van der Waals surface area contributed by atoms with Crippen molar-refractivity contribution in [1.29, 1.82) is 0 Å². The average molecular weight is 179 g/mol. The highest BCUT2D eigenvalue weighted by Crippen LogP contribution is 2.19. The zero-order chi connectivity index (χ0) is 9.42. The minimum Gasteiger partial charge on any atom is -0.478 e. The van der Waals surface area contributed by atoms with Crippen LogP contribution in [-0.4, -0.2) is 20.9 Å². The number of aliphatic carboxylic acids is 1. The molecule has 1 aliphatic heterocycles. The van der Waals surface area contributed by atoms with Gasteiger partial charge in [-0.25, -0.2) is 9.48 Å². The summed E-state index contributed by atoms with van der Waals surface area (Å²) in [5, 5.41) is 15.7. The van der Waals surface area contributed by atoms with Gasteiger partial charge in [0.25, 0.3) is 0 Å². The summed E-state index contributed by atoms with van der Waals surface area (Å²) in [4.78, 5) is 10.6. The predicted molar refractivity (Wildman–Crippen MR) is 46.3 cm³/mol. The Bertz CT molecular complexity index is 392. The molecular formula is C8H9N3O2. The molecule has 5 heteroatoms. The third-order valence-electron chi connectivity index (χ3n) is 2.00. The van der Waals surface area contributed by atoms with Gasteiger partial charge in [-0.05, 0) is 6.92 Å². The van der Waals surface area contributed by atoms with Crippen LogP contribution in [0.1, 0.15) is 5.56 Å². The Balaban J connectivity index is 2.33. The van der Waals surface area contributed by atoms with Crippen LogP contribution in [-0.2, 0) is 11.3 Å². The number of nitrogens with zero attached hydrogens (tertiary/aromatic N) is 2. The van der Waals surface area contributed by atoms with Gasteiger partial charge in [-0.2, -0.15) is 5.10 Å². The lowest BCUT2D eigenvalue weighted by Gasteiger charge is -2.14. The van der Waals surface area contributed by atoms with Gasteiger partial charge < -0.3 is 10.4 Å². The molecule has 0 aromatic carbocycles. The van der Waals surface area contributed by atoms with E-state index in [-0.39, 0.29) is 0 Å². The minimum atomic E-state index is -0.911. The second kappa shape index (κ2) is 2.62. The Hall–Kier alpha value is -1.78. The molecule has 0 fully saturated rings. The Morgan fingerprint density at radius 2 is 2.54 bits per heavy atom.